The zero-order valence-corrected chi connectivity index (χ0v) is 23.0. The van der Waals surface area contributed by atoms with E-state index in [9.17, 15) is 22.8 Å². The maximum absolute atomic E-state index is 13.6. The molecule has 0 spiro atoms. The minimum absolute atomic E-state index is 0.0170. The van der Waals surface area contributed by atoms with Crippen molar-refractivity contribution in [3.63, 3.8) is 0 Å². The maximum Gasteiger partial charge on any atom is 0.332 e. The predicted octanol–water partition coefficient (Wildman–Crippen LogP) is 2.84. The van der Waals surface area contributed by atoms with Crippen LogP contribution in [0.1, 0.15) is 26.3 Å². The molecule has 4 rings (SSSR count). The van der Waals surface area contributed by atoms with Crippen LogP contribution < -0.4 is 20.1 Å². The summed E-state index contributed by atoms with van der Waals surface area (Å²) in [6.07, 6.45) is 0.460. The van der Waals surface area contributed by atoms with Gasteiger partial charge in [0, 0.05) is 6.54 Å². The third-order valence-electron chi connectivity index (χ3n) is 6.54. The molecule has 0 bridgehead atoms. The summed E-state index contributed by atoms with van der Waals surface area (Å²) in [7, 11) is -3.77. The lowest BCUT2D eigenvalue weighted by atomic mass is 9.95. The molecule has 0 radical (unpaired) electrons. The molecule has 38 heavy (non-hydrogen) atoms. The number of fused-ring (bicyclic) bond motifs is 1. The Bertz CT molecular complexity index is 1370. The average Bonchev–Trinajstić information content (AvgIpc) is 3.17. The van der Waals surface area contributed by atoms with Gasteiger partial charge < -0.3 is 15.0 Å². The third kappa shape index (κ3) is 5.71. The Hall–Kier alpha value is -3.35. The van der Waals surface area contributed by atoms with E-state index in [1.807, 2.05) is 20.8 Å². The van der Waals surface area contributed by atoms with Crippen LogP contribution in [0.5, 0.6) is 5.75 Å². The summed E-state index contributed by atoms with van der Waals surface area (Å²) in [5, 5.41) is 7.44. The zero-order valence-electron chi connectivity index (χ0n) is 21.3. The van der Waals surface area contributed by atoms with Gasteiger partial charge in [-0.3, -0.25) is 9.59 Å². The molecular formula is C26H30N4O6S2. The average molecular weight is 559 g/mol. The summed E-state index contributed by atoms with van der Waals surface area (Å²) in [5.74, 6) is -0.591. The van der Waals surface area contributed by atoms with Crippen LogP contribution in [0.4, 0.5) is 10.5 Å². The third-order valence-corrected chi connectivity index (χ3v) is 8.92. The monoisotopic (exact) mass is 558 g/mol. The number of imide groups is 1. The largest absolute Gasteiger partial charge is 0.494 e. The van der Waals surface area contributed by atoms with Crippen LogP contribution in [0.25, 0.3) is 0 Å². The van der Waals surface area contributed by atoms with Gasteiger partial charge in [0.1, 0.15) is 12.3 Å². The van der Waals surface area contributed by atoms with Crippen molar-refractivity contribution in [1.82, 2.24) is 10.2 Å². The molecule has 3 N–H and O–H groups in total. The van der Waals surface area contributed by atoms with Crippen LogP contribution in [0.3, 0.4) is 0 Å². The van der Waals surface area contributed by atoms with Crippen molar-refractivity contribution in [2.75, 3.05) is 24.6 Å². The van der Waals surface area contributed by atoms with E-state index >= 15 is 0 Å². The molecule has 2 aromatic rings. The molecule has 2 aliphatic heterocycles. The Kier molecular flexibility index (Phi) is 8.14. The first kappa shape index (κ1) is 27.7. The molecular weight excluding hydrogens is 528 g/mol. The first-order chi connectivity index (χ1) is 18.0. The molecule has 1 fully saturated rings. The van der Waals surface area contributed by atoms with Crippen molar-refractivity contribution >= 4 is 45.3 Å². The van der Waals surface area contributed by atoms with Gasteiger partial charge in [-0.05, 0) is 79.6 Å². The second-order valence-corrected chi connectivity index (χ2v) is 11.9. The van der Waals surface area contributed by atoms with Gasteiger partial charge in [-0.15, -0.1) is 11.8 Å². The number of rotatable bonds is 9. The zero-order chi connectivity index (χ0) is 27.6. The van der Waals surface area contributed by atoms with Gasteiger partial charge in [-0.1, -0.05) is 12.1 Å². The van der Waals surface area contributed by atoms with Crippen molar-refractivity contribution in [3.05, 3.63) is 64.6 Å². The number of primary sulfonamides is 1. The van der Waals surface area contributed by atoms with Crippen LogP contribution in [0, 0.1) is 5.92 Å². The number of thioether (sulfide) groups is 1. The Morgan fingerprint density at radius 2 is 1.74 bits per heavy atom. The number of nitrogens with zero attached hydrogens (tertiary/aromatic N) is 2. The number of nitrogens with two attached hydrogens (primary N) is 1. The summed E-state index contributed by atoms with van der Waals surface area (Å²) >= 11 is 1.42. The predicted molar refractivity (Wildman–Crippen MR) is 145 cm³/mol. The fraction of sp³-hybridized carbons (Fsp3) is 0.346. The van der Waals surface area contributed by atoms with Gasteiger partial charge >= 0.3 is 6.03 Å². The molecule has 202 valence electrons. The first-order valence-corrected chi connectivity index (χ1v) is 14.5. The van der Waals surface area contributed by atoms with Gasteiger partial charge in [0.25, 0.3) is 0 Å². The maximum atomic E-state index is 13.6. The molecule has 1 saturated heterocycles. The van der Waals surface area contributed by atoms with Crippen molar-refractivity contribution in [2.24, 2.45) is 11.1 Å². The summed E-state index contributed by atoms with van der Waals surface area (Å²) in [5.41, 5.74) is 2.13. The van der Waals surface area contributed by atoms with Gasteiger partial charge in [0.05, 0.1) is 28.5 Å². The number of ether oxygens (including phenoxy) is 1. The van der Waals surface area contributed by atoms with Crippen LogP contribution in [-0.4, -0.2) is 56.2 Å². The Morgan fingerprint density at radius 1 is 1.08 bits per heavy atom. The second kappa shape index (κ2) is 11.2. The lowest BCUT2D eigenvalue weighted by Crippen LogP contribution is -2.62. The highest BCUT2D eigenvalue weighted by atomic mass is 32.2. The highest BCUT2D eigenvalue weighted by molar-refractivity contribution is 8.03. The summed E-state index contributed by atoms with van der Waals surface area (Å²) < 4.78 is 28.3. The van der Waals surface area contributed by atoms with E-state index in [2.05, 4.69) is 5.32 Å². The number of nitrogens with one attached hydrogen (secondary N) is 1. The summed E-state index contributed by atoms with van der Waals surface area (Å²) in [6, 6.07) is 12.3. The smallest absolute Gasteiger partial charge is 0.332 e. The topological polar surface area (TPSA) is 139 Å². The summed E-state index contributed by atoms with van der Waals surface area (Å²) in [6.45, 7) is 6.24. The first-order valence-electron chi connectivity index (χ1n) is 12.1. The van der Waals surface area contributed by atoms with Crippen LogP contribution >= 0.6 is 11.8 Å². The van der Waals surface area contributed by atoms with E-state index in [0.29, 0.717) is 24.5 Å². The van der Waals surface area contributed by atoms with Crippen LogP contribution in [-0.2, 0) is 26.0 Å². The van der Waals surface area contributed by atoms with E-state index in [1.54, 1.807) is 36.4 Å². The van der Waals surface area contributed by atoms with Gasteiger partial charge in [-0.25, -0.2) is 23.3 Å². The highest BCUT2D eigenvalue weighted by Crippen LogP contribution is 2.47. The molecule has 10 nitrogen and oxygen atoms in total. The number of carbonyl (C=O) groups is 3. The van der Waals surface area contributed by atoms with Crippen LogP contribution in [0.2, 0.25) is 0 Å². The number of urea groups is 1. The summed E-state index contributed by atoms with van der Waals surface area (Å²) in [4.78, 5) is 43.5. The second-order valence-electron chi connectivity index (χ2n) is 9.03. The number of sulfonamides is 1. The fourth-order valence-electron chi connectivity index (χ4n) is 4.45. The lowest BCUT2D eigenvalue weighted by molar-refractivity contribution is -0.126. The molecule has 0 aliphatic carbocycles. The molecule has 2 aromatic carbocycles. The van der Waals surface area contributed by atoms with Crippen molar-refractivity contribution in [3.8, 4) is 5.75 Å². The number of benzene rings is 2. The van der Waals surface area contributed by atoms with Crippen LogP contribution in [0.15, 0.2) is 63.9 Å². The van der Waals surface area contributed by atoms with E-state index in [0.717, 1.165) is 20.9 Å². The quantitative estimate of drug-likeness (QED) is 0.482. The normalized spacial score (nSPS) is 19.6. The van der Waals surface area contributed by atoms with Gasteiger partial charge in [0.2, 0.25) is 21.8 Å². The van der Waals surface area contributed by atoms with E-state index < -0.39 is 27.3 Å². The minimum atomic E-state index is -3.77. The Balaban J connectivity index is 1.46. The number of allylic oxidation sites excluding steroid dienone is 1. The molecule has 12 heteroatoms. The molecule has 0 saturated carbocycles. The molecule has 2 aliphatic rings. The van der Waals surface area contributed by atoms with Gasteiger partial charge in [0.15, 0.2) is 0 Å². The van der Waals surface area contributed by atoms with E-state index in [-0.39, 0.29) is 29.8 Å². The number of hydrogen-bond acceptors (Lipinski definition) is 7. The lowest BCUT2D eigenvalue weighted by Gasteiger charge is -2.41. The number of amides is 4. The molecule has 2 heterocycles. The fourth-order valence-corrected chi connectivity index (χ4v) is 6.39. The molecule has 2 atom stereocenters. The van der Waals surface area contributed by atoms with Crippen molar-refractivity contribution in [2.45, 2.75) is 37.5 Å². The van der Waals surface area contributed by atoms with E-state index in [1.165, 1.54) is 28.8 Å². The molecule has 4 amide bonds. The van der Waals surface area contributed by atoms with Crippen molar-refractivity contribution < 1.29 is 27.5 Å². The number of hydrogen-bond donors (Lipinski definition) is 2. The Labute approximate surface area is 226 Å². The SMILES string of the molecule is CCOc1ccc(N2C(=O)C3C(C)=C(C)SC3N(CC(=O)NCCc3ccc(S(N)(=O)=O)cc3)C2=O)cc1. The molecule has 2 unspecified atom stereocenters. The standard InChI is InChI=1S/C26H30N4O6S2/c1-4-36-20-9-7-19(8-10-20)30-24(32)23-16(2)17(3)37-25(23)29(26(30)33)15-22(31)28-14-13-18-5-11-21(12-6-18)38(27,34)35/h5-12,23,25H,4,13-15H2,1-3H3,(H,28,31)(H2,27,34,35). The minimum Gasteiger partial charge on any atom is -0.494 e. The van der Waals surface area contributed by atoms with E-state index in [4.69, 9.17) is 9.88 Å². The van der Waals surface area contributed by atoms with Gasteiger partial charge in [-0.2, -0.15) is 0 Å². The van der Waals surface area contributed by atoms with Crippen molar-refractivity contribution in [1.29, 1.82) is 0 Å². The number of carbonyl (C=O) groups excluding carboxylic acids is 3. The molecule has 0 aromatic heterocycles. The number of anilines is 1. The highest BCUT2D eigenvalue weighted by Gasteiger charge is 2.51. The Morgan fingerprint density at radius 3 is 2.34 bits per heavy atom.